The molecule has 3 heterocycles. The molecule has 0 saturated carbocycles. The topological polar surface area (TPSA) is 64.8 Å². The molecule has 6 heteroatoms. The molecule has 0 aromatic carbocycles. The van der Waals surface area contributed by atoms with Crippen LogP contribution in [-0.4, -0.2) is 34.2 Å². The van der Waals surface area contributed by atoms with Gasteiger partial charge >= 0.3 is 0 Å². The molecular weight excluding hydrogens is 282 g/mol. The number of aromatic amines is 1. The molecule has 0 radical (unpaired) electrons. The van der Waals surface area contributed by atoms with Crippen LogP contribution in [0.5, 0.6) is 0 Å². The molecule has 1 aliphatic rings. The van der Waals surface area contributed by atoms with Gasteiger partial charge in [-0.15, -0.1) is 0 Å². The van der Waals surface area contributed by atoms with Gasteiger partial charge in [-0.3, -0.25) is 0 Å². The van der Waals surface area contributed by atoms with Gasteiger partial charge in [0.1, 0.15) is 5.65 Å². The van der Waals surface area contributed by atoms with E-state index in [2.05, 4.69) is 25.9 Å². The third-order valence-electron chi connectivity index (χ3n) is 3.91. The quantitative estimate of drug-likeness (QED) is 0.647. The van der Waals surface area contributed by atoms with E-state index in [1.807, 2.05) is 24.5 Å². The third kappa shape index (κ3) is 3.71. The molecule has 3 rings (SSSR count). The van der Waals surface area contributed by atoms with E-state index in [1.165, 1.54) is 24.8 Å². The van der Waals surface area contributed by atoms with Gasteiger partial charge in [-0.2, -0.15) is 0 Å². The van der Waals surface area contributed by atoms with Gasteiger partial charge in [0, 0.05) is 36.9 Å². The Labute approximate surface area is 129 Å². The monoisotopic (exact) mass is 303 g/mol. The normalized spacial score (nSPS) is 18.6. The Morgan fingerprint density at radius 2 is 2.29 bits per heavy atom. The van der Waals surface area contributed by atoms with Crippen LogP contribution in [0.15, 0.2) is 24.5 Å². The van der Waals surface area contributed by atoms with Crippen molar-refractivity contribution in [3.05, 3.63) is 30.1 Å². The van der Waals surface area contributed by atoms with Gasteiger partial charge < -0.3 is 20.9 Å². The lowest BCUT2D eigenvalue weighted by atomic mass is 10.1. The lowest BCUT2D eigenvalue weighted by molar-refractivity contribution is 0.398. The van der Waals surface area contributed by atoms with Crippen molar-refractivity contribution < 1.29 is 0 Å². The summed E-state index contributed by atoms with van der Waals surface area (Å²) in [5.41, 5.74) is 2.11. The minimum absolute atomic E-state index is 0.538. The van der Waals surface area contributed by atoms with Crippen LogP contribution in [0.3, 0.4) is 0 Å². The summed E-state index contributed by atoms with van der Waals surface area (Å²) >= 11 is 5.35. The average molecular weight is 303 g/mol. The molecule has 0 aliphatic carbocycles. The number of nitrogens with zero attached hydrogens (tertiary/aromatic N) is 1. The molecule has 1 saturated heterocycles. The fourth-order valence-electron chi connectivity index (χ4n) is 2.72. The van der Waals surface area contributed by atoms with Gasteiger partial charge in [0.05, 0.1) is 0 Å². The predicted molar refractivity (Wildman–Crippen MR) is 89.2 cm³/mol. The van der Waals surface area contributed by atoms with E-state index in [0.29, 0.717) is 17.7 Å². The van der Waals surface area contributed by atoms with Crippen molar-refractivity contribution in [1.29, 1.82) is 0 Å². The fourth-order valence-corrected chi connectivity index (χ4v) is 2.88. The van der Waals surface area contributed by atoms with Crippen LogP contribution in [0.25, 0.3) is 11.0 Å². The van der Waals surface area contributed by atoms with Crippen molar-refractivity contribution >= 4 is 28.4 Å². The van der Waals surface area contributed by atoms with Gasteiger partial charge in [-0.05, 0) is 49.3 Å². The van der Waals surface area contributed by atoms with Crippen LogP contribution in [0.4, 0.5) is 0 Å². The van der Waals surface area contributed by atoms with Crippen molar-refractivity contribution in [3.8, 4) is 0 Å². The maximum Gasteiger partial charge on any atom is 0.166 e. The van der Waals surface area contributed by atoms with Crippen LogP contribution in [-0.2, 0) is 6.54 Å². The Morgan fingerprint density at radius 3 is 3.14 bits per heavy atom. The smallest absolute Gasteiger partial charge is 0.166 e. The Kier molecular flexibility index (Phi) is 4.67. The molecule has 1 unspecified atom stereocenters. The zero-order chi connectivity index (χ0) is 14.5. The van der Waals surface area contributed by atoms with Crippen molar-refractivity contribution in [2.75, 3.05) is 13.1 Å². The van der Waals surface area contributed by atoms with Gasteiger partial charge in [-0.25, -0.2) is 4.98 Å². The number of hydrogen-bond donors (Lipinski definition) is 4. The molecule has 0 amide bonds. The Morgan fingerprint density at radius 1 is 1.33 bits per heavy atom. The summed E-state index contributed by atoms with van der Waals surface area (Å²) in [5, 5.41) is 11.9. The highest BCUT2D eigenvalue weighted by molar-refractivity contribution is 7.80. The van der Waals surface area contributed by atoms with Gasteiger partial charge in [-0.1, -0.05) is 6.42 Å². The lowest BCUT2D eigenvalue weighted by Crippen LogP contribution is -2.46. The lowest BCUT2D eigenvalue weighted by Gasteiger charge is -2.24. The zero-order valence-corrected chi connectivity index (χ0v) is 12.8. The predicted octanol–water partition coefficient (Wildman–Crippen LogP) is 1.67. The number of H-pyrrole nitrogens is 1. The molecule has 2 aromatic heterocycles. The molecule has 4 N–H and O–H groups in total. The first kappa shape index (κ1) is 14.3. The molecule has 5 nitrogen and oxygen atoms in total. The zero-order valence-electron chi connectivity index (χ0n) is 12.0. The third-order valence-corrected chi connectivity index (χ3v) is 4.20. The first-order chi connectivity index (χ1) is 10.3. The highest BCUT2D eigenvalue weighted by Crippen LogP contribution is 2.14. The van der Waals surface area contributed by atoms with Crippen molar-refractivity contribution in [2.45, 2.75) is 31.8 Å². The molecule has 0 spiro atoms. The Hall–Kier alpha value is -1.66. The van der Waals surface area contributed by atoms with E-state index in [1.54, 1.807) is 0 Å². The highest BCUT2D eigenvalue weighted by atomic mass is 32.1. The average Bonchev–Trinajstić information content (AvgIpc) is 3.01. The summed E-state index contributed by atoms with van der Waals surface area (Å²) in [4.78, 5) is 7.41. The molecule has 112 valence electrons. The second kappa shape index (κ2) is 6.87. The first-order valence-corrected chi connectivity index (χ1v) is 7.90. The van der Waals surface area contributed by atoms with Crippen molar-refractivity contribution in [2.24, 2.45) is 0 Å². The fraction of sp³-hybridized carbons (Fsp3) is 0.467. The van der Waals surface area contributed by atoms with E-state index in [4.69, 9.17) is 12.2 Å². The van der Waals surface area contributed by atoms with E-state index in [-0.39, 0.29) is 0 Å². The summed E-state index contributed by atoms with van der Waals surface area (Å²) in [5.74, 6) is 0. The summed E-state index contributed by atoms with van der Waals surface area (Å²) in [6.45, 7) is 2.72. The first-order valence-electron chi connectivity index (χ1n) is 7.49. The van der Waals surface area contributed by atoms with Gasteiger partial charge in [0.2, 0.25) is 0 Å². The Bertz CT molecular complexity index is 603. The van der Waals surface area contributed by atoms with Crippen LogP contribution >= 0.6 is 12.2 Å². The number of thiocarbonyl (C=S) groups is 1. The van der Waals surface area contributed by atoms with Crippen LogP contribution in [0, 0.1) is 0 Å². The number of nitrogens with one attached hydrogen (secondary N) is 4. The van der Waals surface area contributed by atoms with E-state index in [9.17, 15) is 0 Å². The standard InChI is InChI=1S/C15H21N5S/c21-15(20-10-12-3-1-2-6-16-12)19-9-11-4-7-17-14-13(11)5-8-18-14/h4-5,7-8,12,16H,1-3,6,9-10H2,(H,17,18)(H2,19,20,21). The minimum Gasteiger partial charge on any atom is -0.361 e. The number of rotatable bonds is 4. The summed E-state index contributed by atoms with van der Waals surface area (Å²) in [7, 11) is 0. The van der Waals surface area contributed by atoms with Crippen molar-refractivity contribution in [1.82, 2.24) is 25.9 Å². The molecular formula is C15H21N5S. The molecule has 1 atom stereocenters. The summed E-state index contributed by atoms with van der Waals surface area (Å²) in [6.07, 6.45) is 7.55. The molecule has 2 aromatic rings. The largest absolute Gasteiger partial charge is 0.361 e. The van der Waals surface area contributed by atoms with Crippen LogP contribution in [0.2, 0.25) is 0 Å². The Balaban J connectivity index is 1.48. The molecule has 1 fully saturated rings. The molecule has 1 aliphatic heterocycles. The van der Waals surface area contributed by atoms with Crippen molar-refractivity contribution in [3.63, 3.8) is 0 Å². The van der Waals surface area contributed by atoms with Crippen LogP contribution in [0.1, 0.15) is 24.8 Å². The summed E-state index contributed by atoms with van der Waals surface area (Å²) < 4.78 is 0. The number of pyridine rings is 1. The number of fused-ring (bicyclic) bond motifs is 1. The molecule has 0 bridgehead atoms. The number of piperidine rings is 1. The SMILES string of the molecule is S=C(NCc1ccnc2[nH]ccc12)NCC1CCCCN1. The maximum atomic E-state index is 5.35. The van der Waals surface area contributed by atoms with E-state index < -0.39 is 0 Å². The number of aromatic nitrogens is 2. The van der Waals surface area contributed by atoms with Gasteiger partial charge in [0.25, 0.3) is 0 Å². The van der Waals surface area contributed by atoms with Gasteiger partial charge in [0.15, 0.2) is 5.11 Å². The molecule has 21 heavy (non-hydrogen) atoms. The second-order valence-corrected chi connectivity index (χ2v) is 5.83. The maximum absolute atomic E-state index is 5.35. The highest BCUT2D eigenvalue weighted by Gasteiger charge is 2.12. The summed E-state index contributed by atoms with van der Waals surface area (Å²) in [6, 6.07) is 4.60. The number of hydrogen-bond acceptors (Lipinski definition) is 3. The second-order valence-electron chi connectivity index (χ2n) is 5.42. The van der Waals surface area contributed by atoms with Crippen LogP contribution < -0.4 is 16.0 Å². The van der Waals surface area contributed by atoms with E-state index >= 15 is 0 Å². The van der Waals surface area contributed by atoms with E-state index in [0.717, 1.165) is 24.1 Å². The minimum atomic E-state index is 0.538.